The van der Waals surface area contributed by atoms with Crippen LogP contribution in [0.3, 0.4) is 0 Å². The van der Waals surface area contributed by atoms with Crippen molar-refractivity contribution in [3.05, 3.63) is 0 Å². The van der Waals surface area contributed by atoms with Crippen LogP contribution in [0.1, 0.15) is 41.5 Å². The van der Waals surface area contributed by atoms with Crippen LogP contribution in [-0.2, 0) is 9.31 Å². The number of rotatable bonds is 3. The molecule has 0 N–H and O–H groups in total. The van der Waals surface area contributed by atoms with Gasteiger partial charge in [0.1, 0.15) is 0 Å². The van der Waals surface area contributed by atoms with Gasteiger partial charge < -0.3 is 9.31 Å². The van der Waals surface area contributed by atoms with E-state index in [0.29, 0.717) is 6.60 Å². The Morgan fingerprint density at radius 1 is 0.929 bits per heavy atom. The Kier molecular flexibility index (Phi) is 3.37. The molecule has 1 aliphatic rings. The average molecular weight is 196 g/mol. The molecule has 0 saturated carbocycles. The molecule has 1 saturated heterocycles. The van der Waals surface area contributed by atoms with Gasteiger partial charge in [-0.2, -0.15) is 0 Å². The van der Waals surface area contributed by atoms with E-state index in [1.807, 2.05) is 0 Å². The molecular weight excluding hydrogens is 174 g/mol. The van der Waals surface area contributed by atoms with E-state index >= 15 is 0 Å². The van der Waals surface area contributed by atoms with Crippen LogP contribution < -0.4 is 0 Å². The monoisotopic (exact) mass is 196 g/mol. The summed E-state index contributed by atoms with van der Waals surface area (Å²) in [6, 6.07) is 0. The van der Waals surface area contributed by atoms with Gasteiger partial charge in [-0.05, 0) is 27.7 Å². The van der Waals surface area contributed by atoms with Crippen molar-refractivity contribution in [3.63, 3.8) is 0 Å². The molecule has 0 aromatic carbocycles. The summed E-state index contributed by atoms with van der Waals surface area (Å²) in [5, 5.41) is 0. The van der Waals surface area contributed by atoms with Gasteiger partial charge >= 0.3 is 7.01 Å². The first-order valence-electron chi connectivity index (χ1n) is 5.69. The molecular formula is C10H22B2O2. The highest BCUT2D eigenvalue weighted by Crippen LogP contribution is 2.37. The molecule has 0 amide bonds. The molecule has 0 aromatic heterocycles. The van der Waals surface area contributed by atoms with E-state index in [1.165, 1.54) is 0 Å². The van der Waals surface area contributed by atoms with Gasteiger partial charge in [0.25, 0.3) is 0 Å². The molecule has 0 spiro atoms. The normalized spacial score (nSPS) is 24.0. The molecule has 0 aromatic rings. The smallest absolute Gasteiger partial charge is 0.407 e. The molecule has 0 atom stereocenters. The van der Waals surface area contributed by atoms with Gasteiger partial charge in [0.15, 0.2) is 6.60 Å². The minimum Gasteiger partial charge on any atom is -0.410 e. The van der Waals surface area contributed by atoms with E-state index in [0.717, 1.165) is 12.6 Å². The maximum Gasteiger partial charge on any atom is 0.407 e. The highest BCUT2D eigenvalue weighted by molar-refractivity contribution is 7.17. The predicted molar refractivity (Wildman–Crippen MR) is 62.8 cm³/mol. The number of hydrogen-bond acceptors (Lipinski definition) is 2. The molecule has 1 aliphatic heterocycles. The molecule has 0 bridgehead atoms. The summed E-state index contributed by atoms with van der Waals surface area (Å²) in [6.45, 7) is 13.3. The van der Waals surface area contributed by atoms with Gasteiger partial charge in [0.2, 0.25) is 0 Å². The minimum atomic E-state index is -0.180. The molecule has 14 heavy (non-hydrogen) atoms. The molecule has 0 unspecified atom stereocenters. The third-order valence-electron chi connectivity index (χ3n) is 3.71. The lowest BCUT2D eigenvalue weighted by atomic mass is 9.22. The lowest BCUT2D eigenvalue weighted by Crippen LogP contribution is -2.41. The Balaban J connectivity index is 2.71. The van der Waals surface area contributed by atoms with Crippen LogP contribution in [-0.4, -0.2) is 24.8 Å². The van der Waals surface area contributed by atoms with Crippen LogP contribution >= 0.6 is 0 Å². The van der Waals surface area contributed by atoms with Gasteiger partial charge in [-0.1, -0.05) is 26.5 Å². The summed E-state index contributed by atoms with van der Waals surface area (Å²) >= 11 is 0. The largest absolute Gasteiger partial charge is 0.410 e. The van der Waals surface area contributed by atoms with E-state index < -0.39 is 0 Å². The molecule has 1 heterocycles. The third-order valence-corrected chi connectivity index (χ3v) is 3.71. The Bertz CT molecular complexity index is 184. The summed E-state index contributed by atoms with van der Waals surface area (Å²) in [6.07, 6.45) is 2.24. The summed E-state index contributed by atoms with van der Waals surface area (Å²) in [5.41, 5.74) is -0.361. The van der Waals surface area contributed by atoms with Crippen LogP contribution in [0.25, 0.3) is 0 Å². The second-order valence-electron chi connectivity index (χ2n) is 5.20. The van der Waals surface area contributed by atoms with Crippen molar-refractivity contribution in [2.24, 2.45) is 0 Å². The summed E-state index contributed by atoms with van der Waals surface area (Å²) in [7, 11) is -0.0185. The van der Waals surface area contributed by atoms with Crippen LogP contribution in [0.4, 0.5) is 0 Å². The zero-order chi connectivity index (χ0) is 11.0. The lowest BCUT2D eigenvalue weighted by molar-refractivity contribution is 0.00578. The first-order chi connectivity index (χ1) is 6.34. The third kappa shape index (κ3) is 2.01. The molecule has 0 aliphatic carbocycles. The molecule has 2 nitrogen and oxygen atoms in total. The summed E-state index contributed by atoms with van der Waals surface area (Å²) in [5.74, 6) is 0. The first-order valence-corrected chi connectivity index (χ1v) is 5.69. The predicted octanol–water partition coefficient (Wildman–Crippen LogP) is 2.69. The maximum atomic E-state index is 5.99. The fraction of sp³-hybridized carbons (Fsp3) is 1.00. The van der Waals surface area contributed by atoms with Crippen LogP contribution in [0.15, 0.2) is 0 Å². The van der Waals surface area contributed by atoms with E-state index in [1.54, 1.807) is 0 Å². The van der Waals surface area contributed by atoms with Crippen molar-refractivity contribution in [3.8, 4) is 0 Å². The van der Waals surface area contributed by atoms with Crippen LogP contribution in [0, 0.1) is 0 Å². The van der Waals surface area contributed by atoms with Crippen molar-refractivity contribution >= 4 is 13.6 Å². The Morgan fingerprint density at radius 3 is 1.57 bits per heavy atom. The second-order valence-corrected chi connectivity index (χ2v) is 5.20. The fourth-order valence-corrected chi connectivity index (χ4v) is 1.75. The second kappa shape index (κ2) is 3.90. The van der Waals surface area contributed by atoms with Gasteiger partial charge in [0.05, 0.1) is 11.2 Å². The Labute approximate surface area is 88.9 Å². The van der Waals surface area contributed by atoms with Crippen LogP contribution in [0.2, 0.25) is 12.6 Å². The molecule has 1 fully saturated rings. The summed E-state index contributed by atoms with van der Waals surface area (Å²) in [4.78, 5) is 0. The van der Waals surface area contributed by atoms with Gasteiger partial charge in [-0.3, -0.25) is 0 Å². The standard InChI is InChI=1S/C10H22B2O2/c1-7-11(8-2)12-13-9(3,4)10(5,6)14-12/h7-8H2,1-6H3. The van der Waals surface area contributed by atoms with Crippen molar-refractivity contribution in [1.29, 1.82) is 0 Å². The first kappa shape index (κ1) is 12.1. The van der Waals surface area contributed by atoms with Crippen molar-refractivity contribution in [2.75, 3.05) is 0 Å². The van der Waals surface area contributed by atoms with Gasteiger partial charge in [-0.25, -0.2) is 0 Å². The Hall–Kier alpha value is 0.0499. The minimum absolute atomic E-state index is 0.0185. The number of hydrogen-bond donors (Lipinski definition) is 0. The summed E-state index contributed by atoms with van der Waals surface area (Å²) < 4.78 is 12.0. The highest BCUT2D eigenvalue weighted by atomic mass is 16.7. The SMILES string of the molecule is CCB(CC)B1OC(C)(C)C(C)(C)O1. The maximum absolute atomic E-state index is 5.99. The topological polar surface area (TPSA) is 18.5 Å². The van der Waals surface area contributed by atoms with E-state index in [9.17, 15) is 0 Å². The van der Waals surface area contributed by atoms with Crippen LogP contribution in [0.5, 0.6) is 0 Å². The zero-order valence-corrected chi connectivity index (χ0v) is 10.4. The highest BCUT2D eigenvalue weighted by Gasteiger charge is 2.53. The zero-order valence-electron chi connectivity index (χ0n) is 10.4. The Morgan fingerprint density at radius 2 is 1.29 bits per heavy atom. The van der Waals surface area contributed by atoms with Crippen molar-refractivity contribution in [2.45, 2.75) is 65.4 Å². The molecule has 4 heteroatoms. The average Bonchev–Trinajstić information content (AvgIpc) is 2.23. The quantitative estimate of drug-likeness (QED) is 0.645. The van der Waals surface area contributed by atoms with E-state index in [-0.39, 0.29) is 18.2 Å². The molecule has 80 valence electrons. The van der Waals surface area contributed by atoms with Crippen molar-refractivity contribution in [1.82, 2.24) is 0 Å². The lowest BCUT2D eigenvalue weighted by Gasteiger charge is -2.32. The molecule has 0 radical (unpaired) electrons. The van der Waals surface area contributed by atoms with Gasteiger partial charge in [-0.15, -0.1) is 0 Å². The van der Waals surface area contributed by atoms with Gasteiger partial charge in [0, 0.05) is 0 Å². The van der Waals surface area contributed by atoms with Crippen molar-refractivity contribution < 1.29 is 9.31 Å². The fourth-order valence-electron chi connectivity index (χ4n) is 1.75. The molecule has 1 rings (SSSR count). The van der Waals surface area contributed by atoms with E-state index in [2.05, 4.69) is 41.5 Å². The van der Waals surface area contributed by atoms with E-state index in [4.69, 9.17) is 9.31 Å².